The van der Waals surface area contributed by atoms with Crippen LogP contribution in [0.15, 0.2) is 0 Å². The SMILES string of the molecule is CC(=O)NC[NH+]1CC[NH+](CNC(C)=O)CC1. The largest absolute Gasteiger partial charge is 0.310 e. The number of piperazine rings is 1. The Kier molecular flexibility index (Phi) is 5.21. The maximum absolute atomic E-state index is 10.8. The van der Waals surface area contributed by atoms with E-state index in [1.807, 2.05) is 0 Å². The number of amides is 2. The molecule has 1 rings (SSSR count). The Hall–Kier alpha value is -1.14. The Bertz CT molecular complexity index is 223. The summed E-state index contributed by atoms with van der Waals surface area (Å²) in [5, 5.41) is 5.65. The molecule has 92 valence electrons. The Morgan fingerprint density at radius 3 is 1.44 bits per heavy atom. The number of quaternary nitrogens is 2. The fourth-order valence-corrected chi connectivity index (χ4v) is 1.81. The number of nitrogens with one attached hydrogen (secondary N) is 4. The molecule has 1 aliphatic rings. The zero-order chi connectivity index (χ0) is 12.0. The first-order valence-electron chi connectivity index (χ1n) is 5.74. The Labute approximate surface area is 96.0 Å². The van der Waals surface area contributed by atoms with E-state index >= 15 is 0 Å². The van der Waals surface area contributed by atoms with Gasteiger partial charge < -0.3 is 20.4 Å². The van der Waals surface area contributed by atoms with Crippen LogP contribution >= 0.6 is 0 Å². The van der Waals surface area contributed by atoms with Gasteiger partial charge in [0.15, 0.2) is 13.3 Å². The number of hydrogen-bond donors (Lipinski definition) is 4. The molecule has 6 nitrogen and oxygen atoms in total. The third-order valence-corrected chi connectivity index (χ3v) is 2.84. The molecule has 4 N–H and O–H groups in total. The lowest BCUT2D eigenvalue weighted by Gasteiger charge is -2.29. The molecule has 0 aromatic rings. The molecule has 0 bridgehead atoms. The quantitative estimate of drug-likeness (QED) is 0.397. The minimum atomic E-state index is 0.0283. The lowest BCUT2D eigenvalue weighted by Crippen LogP contribution is -3.29. The first-order chi connectivity index (χ1) is 7.58. The zero-order valence-corrected chi connectivity index (χ0v) is 10.1. The lowest BCUT2D eigenvalue weighted by atomic mass is 10.3. The lowest BCUT2D eigenvalue weighted by molar-refractivity contribution is -1.01. The molecule has 0 saturated carbocycles. The summed E-state index contributed by atoms with van der Waals surface area (Å²) >= 11 is 0. The molecule has 1 aliphatic heterocycles. The second kappa shape index (κ2) is 6.44. The summed E-state index contributed by atoms with van der Waals surface area (Å²) in [6, 6.07) is 0. The van der Waals surface area contributed by atoms with Crippen LogP contribution in [0.1, 0.15) is 13.8 Å². The van der Waals surface area contributed by atoms with E-state index in [9.17, 15) is 9.59 Å². The summed E-state index contributed by atoms with van der Waals surface area (Å²) in [5.74, 6) is 0.0565. The fraction of sp³-hybridized carbons (Fsp3) is 0.800. The predicted octanol–water partition coefficient (Wildman–Crippen LogP) is -4.04. The zero-order valence-electron chi connectivity index (χ0n) is 10.1. The third-order valence-electron chi connectivity index (χ3n) is 2.84. The average molecular weight is 230 g/mol. The summed E-state index contributed by atoms with van der Waals surface area (Å²) < 4.78 is 0. The molecule has 1 heterocycles. The Morgan fingerprint density at radius 2 is 1.19 bits per heavy atom. The van der Waals surface area contributed by atoms with E-state index in [-0.39, 0.29) is 11.8 Å². The van der Waals surface area contributed by atoms with Crippen LogP contribution in [-0.2, 0) is 9.59 Å². The standard InChI is InChI=1S/C10H20N4O2/c1-9(15)11-7-13-3-5-14(6-4-13)8-12-10(2)16/h3-8H2,1-2H3,(H,11,15)(H,12,16)/p+2. The summed E-state index contributed by atoms with van der Waals surface area (Å²) in [6.07, 6.45) is 0. The van der Waals surface area contributed by atoms with Crippen molar-refractivity contribution in [2.75, 3.05) is 39.5 Å². The highest BCUT2D eigenvalue weighted by atomic mass is 16.2. The van der Waals surface area contributed by atoms with Crippen LogP contribution in [0.2, 0.25) is 0 Å². The summed E-state index contributed by atoms with van der Waals surface area (Å²) in [4.78, 5) is 24.3. The van der Waals surface area contributed by atoms with Crippen molar-refractivity contribution in [1.82, 2.24) is 10.6 Å². The molecule has 0 radical (unpaired) electrons. The third kappa shape index (κ3) is 5.09. The molecule has 0 unspecified atom stereocenters. The van der Waals surface area contributed by atoms with E-state index in [2.05, 4.69) is 10.6 Å². The highest BCUT2D eigenvalue weighted by molar-refractivity contribution is 5.72. The second-order valence-electron chi connectivity index (χ2n) is 4.32. The molecule has 1 fully saturated rings. The summed E-state index contributed by atoms with van der Waals surface area (Å²) in [5.41, 5.74) is 0. The van der Waals surface area contributed by atoms with Crippen molar-refractivity contribution in [3.8, 4) is 0 Å². The second-order valence-corrected chi connectivity index (χ2v) is 4.32. The monoisotopic (exact) mass is 230 g/mol. The van der Waals surface area contributed by atoms with Gasteiger partial charge in [0, 0.05) is 13.8 Å². The van der Waals surface area contributed by atoms with Gasteiger partial charge in [-0.15, -0.1) is 0 Å². The molecular formula is C10H22N4O2+2. The van der Waals surface area contributed by atoms with Crippen molar-refractivity contribution in [3.63, 3.8) is 0 Å². The van der Waals surface area contributed by atoms with Gasteiger partial charge in [0.2, 0.25) is 11.8 Å². The van der Waals surface area contributed by atoms with Crippen molar-refractivity contribution in [2.24, 2.45) is 0 Å². The molecule has 2 amide bonds. The van der Waals surface area contributed by atoms with Crippen molar-refractivity contribution in [1.29, 1.82) is 0 Å². The molecular weight excluding hydrogens is 208 g/mol. The van der Waals surface area contributed by atoms with Crippen LogP contribution in [-0.4, -0.2) is 51.3 Å². The summed E-state index contributed by atoms with van der Waals surface area (Å²) in [6.45, 7) is 8.65. The topological polar surface area (TPSA) is 67.1 Å². The van der Waals surface area contributed by atoms with E-state index in [4.69, 9.17) is 0 Å². The molecule has 16 heavy (non-hydrogen) atoms. The van der Waals surface area contributed by atoms with E-state index in [1.54, 1.807) is 0 Å². The minimum absolute atomic E-state index is 0.0283. The number of hydrogen-bond acceptors (Lipinski definition) is 2. The van der Waals surface area contributed by atoms with Crippen LogP contribution in [0.25, 0.3) is 0 Å². The first-order valence-corrected chi connectivity index (χ1v) is 5.74. The van der Waals surface area contributed by atoms with Gasteiger partial charge in [-0.2, -0.15) is 0 Å². The average Bonchev–Trinajstić information content (AvgIpc) is 2.25. The van der Waals surface area contributed by atoms with Gasteiger partial charge in [0.05, 0.1) is 0 Å². The van der Waals surface area contributed by atoms with Crippen LogP contribution in [0.3, 0.4) is 0 Å². The number of carbonyl (C=O) groups is 2. The van der Waals surface area contributed by atoms with Gasteiger partial charge >= 0.3 is 0 Å². The van der Waals surface area contributed by atoms with Gasteiger partial charge in [-0.3, -0.25) is 9.59 Å². The van der Waals surface area contributed by atoms with Crippen molar-refractivity contribution in [2.45, 2.75) is 13.8 Å². The van der Waals surface area contributed by atoms with Crippen LogP contribution < -0.4 is 20.4 Å². The molecule has 1 saturated heterocycles. The summed E-state index contributed by atoms with van der Waals surface area (Å²) in [7, 11) is 0. The maximum Gasteiger partial charge on any atom is 0.221 e. The Morgan fingerprint density at radius 1 is 0.875 bits per heavy atom. The van der Waals surface area contributed by atoms with Gasteiger partial charge in [-0.05, 0) is 0 Å². The molecule has 6 heteroatoms. The molecule has 0 aromatic heterocycles. The maximum atomic E-state index is 10.8. The molecule has 0 atom stereocenters. The van der Waals surface area contributed by atoms with Gasteiger partial charge in [-0.25, -0.2) is 0 Å². The highest BCUT2D eigenvalue weighted by Crippen LogP contribution is 1.61. The van der Waals surface area contributed by atoms with Crippen LogP contribution in [0, 0.1) is 0 Å². The normalized spacial score (nSPS) is 24.9. The number of carbonyl (C=O) groups excluding carboxylic acids is 2. The highest BCUT2D eigenvalue weighted by Gasteiger charge is 2.22. The molecule has 0 aliphatic carbocycles. The van der Waals surface area contributed by atoms with E-state index < -0.39 is 0 Å². The van der Waals surface area contributed by atoms with Gasteiger partial charge in [0.1, 0.15) is 26.2 Å². The first kappa shape index (κ1) is 12.9. The van der Waals surface area contributed by atoms with E-state index in [1.165, 1.54) is 23.6 Å². The van der Waals surface area contributed by atoms with Crippen LogP contribution in [0.5, 0.6) is 0 Å². The minimum Gasteiger partial charge on any atom is -0.310 e. The smallest absolute Gasteiger partial charge is 0.221 e. The Balaban J connectivity index is 2.13. The molecule has 0 aromatic carbocycles. The predicted molar refractivity (Wildman–Crippen MR) is 58.8 cm³/mol. The molecule has 0 spiro atoms. The van der Waals surface area contributed by atoms with Crippen LogP contribution in [0.4, 0.5) is 0 Å². The fourth-order valence-electron chi connectivity index (χ4n) is 1.81. The number of rotatable bonds is 4. The van der Waals surface area contributed by atoms with Crippen molar-refractivity contribution in [3.05, 3.63) is 0 Å². The van der Waals surface area contributed by atoms with Gasteiger partial charge in [-0.1, -0.05) is 0 Å². The van der Waals surface area contributed by atoms with Gasteiger partial charge in [0.25, 0.3) is 0 Å². The van der Waals surface area contributed by atoms with E-state index in [0.717, 1.165) is 26.2 Å². The van der Waals surface area contributed by atoms with Crippen molar-refractivity contribution < 1.29 is 19.4 Å². The van der Waals surface area contributed by atoms with E-state index in [0.29, 0.717) is 13.3 Å². The van der Waals surface area contributed by atoms with Crippen molar-refractivity contribution >= 4 is 11.8 Å².